The van der Waals surface area contributed by atoms with Gasteiger partial charge in [0.1, 0.15) is 0 Å². The molecule has 1 aromatic rings. The number of carbonyl (C=O) groups is 2. The third-order valence-electron chi connectivity index (χ3n) is 4.91. The van der Waals surface area contributed by atoms with E-state index in [1.807, 2.05) is 29.2 Å². The van der Waals surface area contributed by atoms with E-state index in [2.05, 4.69) is 10.2 Å². The highest BCUT2D eigenvalue weighted by molar-refractivity contribution is 6.31. The van der Waals surface area contributed by atoms with Crippen LogP contribution in [0.5, 0.6) is 0 Å². The number of hydrogen-bond acceptors (Lipinski definition) is 3. The first-order chi connectivity index (χ1) is 11.6. The van der Waals surface area contributed by atoms with Gasteiger partial charge in [-0.15, -0.1) is 0 Å². The smallest absolute Gasteiger partial charge is 0.237 e. The number of carbonyl (C=O) groups excluding carboxylic acids is 2. The molecule has 0 saturated carbocycles. The lowest BCUT2D eigenvalue weighted by molar-refractivity contribution is -0.133. The van der Waals surface area contributed by atoms with E-state index in [1.54, 1.807) is 0 Å². The molecule has 2 fully saturated rings. The van der Waals surface area contributed by atoms with Crippen LogP contribution in [0.15, 0.2) is 24.3 Å². The van der Waals surface area contributed by atoms with Crippen LogP contribution in [0.3, 0.4) is 0 Å². The van der Waals surface area contributed by atoms with Crippen molar-refractivity contribution >= 4 is 23.4 Å². The van der Waals surface area contributed by atoms with Gasteiger partial charge in [0.05, 0.1) is 12.5 Å². The quantitative estimate of drug-likeness (QED) is 0.903. The number of piperazine rings is 1. The van der Waals surface area contributed by atoms with Gasteiger partial charge in [-0.3, -0.25) is 14.5 Å². The van der Waals surface area contributed by atoms with Crippen molar-refractivity contribution in [1.82, 2.24) is 15.1 Å². The lowest BCUT2D eigenvalue weighted by Crippen LogP contribution is -2.55. The third-order valence-corrected chi connectivity index (χ3v) is 5.28. The first kappa shape index (κ1) is 17.2. The number of nitrogens with one attached hydrogen (secondary N) is 1. The molecule has 24 heavy (non-hydrogen) atoms. The fourth-order valence-electron chi connectivity index (χ4n) is 3.47. The summed E-state index contributed by atoms with van der Waals surface area (Å²) in [5.74, 6) is 0.247. The zero-order valence-corrected chi connectivity index (χ0v) is 14.6. The summed E-state index contributed by atoms with van der Waals surface area (Å²) in [6.07, 6.45) is 3.39. The van der Waals surface area contributed by atoms with Gasteiger partial charge in [0.15, 0.2) is 0 Å². The summed E-state index contributed by atoms with van der Waals surface area (Å²) < 4.78 is 0. The van der Waals surface area contributed by atoms with E-state index in [9.17, 15) is 9.59 Å². The summed E-state index contributed by atoms with van der Waals surface area (Å²) >= 11 is 6.14. The zero-order chi connectivity index (χ0) is 16.9. The monoisotopic (exact) mass is 349 g/mol. The fraction of sp³-hybridized carbons (Fsp3) is 0.556. The Bertz CT molecular complexity index is 600. The molecule has 1 aromatic carbocycles. The Labute approximate surface area is 147 Å². The first-order valence-corrected chi connectivity index (χ1v) is 9.06. The summed E-state index contributed by atoms with van der Waals surface area (Å²) in [4.78, 5) is 28.8. The summed E-state index contributed by atoms with van der Waals surface area (Å²) in [7, 11) is 0. The van der Waals surface area contributed by atoms with Crippen molar-refractivity contribution in [2.75, 3.05) is 32.7 Å². The summed E-state index contributed by atoms with van der Waals surface area (Å²) in [6.45, 7) is 3.64. The van der Waals surface area contributed by atoms with E-state index < -0.39 is 0 Å². The number of hydrogen-bond donors (Lipinski definition) is 1. The van der Waals surface area contributed by atoms with Gasteiger partial charge < -0.3 is 10.2 Å². The van der Waals surface area contributed by atoms with Crippen molar-refractivity contribution < 1.29 is 9.59 Å². The molecule has 0 aliphatic carbocycles. The van der Waals surface area contributed by atoms with E-state index in [-0.39, 0.29) is 17.9 Å². The number of amides is 2. The van der Waals surface area contributed by atoms with Crippen molar-refractivity contribution in [2.24, 2.45) is 0 Å². The third kappa shape index (κ3) is 4.08. The van der Waals surface area contributed by atoms with Gasteiger partial charge in [0.2, 0.25) is 11.8 Å². The van der Waals surface area contributed by atoms with Crippen molar-refractivity contribution in [3.05, 3.63) is 34.9 Å². The second-order valence-electron chi connectivity index (χ2n) is 6.49. The Morgan fingerprint density at radius 1 is 1.17 bits per heavy atom. The van der Waals surface area contributed by atoms with Crippen molar-refractivity contribution in [3.8, 4) is 0 Å². The minimum absolute atomic E-state index is 0.0340. The fourth-order valence-corrected chi connectivity index (χ4v) is 3.67. The minimum atomic E-state index is -0.0340. The number of halogens is 1. The Morgan fingerprint density at radius 3 is 2.67 bits per heavy atom. The molecule has 130 valence electrons. The molecule has 3 rings (SSSR count). The van der Waals surface area contributed by atoms with Crippen LogP contribution in [0.1, 0.15) is 24.8 Å². The van der Waals surface area contributed by atoms with Crippen LogP contribution in [0.2, 0.25) is 5.02 Å². The molecule has 0 radical (unpaired) electrons. The largest absolute Gasteiger partial charge is 0.355 e. The highest BCUT2D eigenvalue weighted by atomic mass is 35.5. The van der Waals surface area contributed by atoms with Crippen molar-refractivity contribution in [2.45, 2.75) is 31.7 Å². The van der Waals surface area contributed by atoms with Gasteiger partial charge in [0.25, 0.3) is 0 Å². The molecule has 0 aromatic heterocycles. The van der Waals surface area contributed by atoms with Crippen molar-refractivity contribution in [3.63, 3.8) is 0 Å². The number of benzene rings is 1. The summed E-state index contributed by atoms with van der Waals surface area (Å²) in [5, 5.41) is 3.63. The molecule has 2 saturated heterocycles. The Hall–Kier alpha value is -1.59. The molecule has 2 aliphatic heterocycles. The second kappa shape index (κ2) is 7.99. The van der Waals surface area contributed by atoms with Gasteiger partial charge in [0, 0.05) is 37.7 Å². The van der Waals surface area contributed by atoms with Gasteiger partial charge in [-0.05, 0) is 30.9 Å². The molecular formula is C18H24ClN3O2. The van der Waals surface area contributed by atoms with Crippen LogP contribution in [0, 0.1) is 0 Å². The predicted molar refractivity (Wildman–Crippen MR) is 94.0 cm³/mol. The Balaban J connectivity index is 1.53. The normalized spacial score (nSPS) is 22.8. The lowest BCUT2D eigenvalue weighted by atomic mass is 10.1. The average molecular weight is 350 g/mol. The van der Waals surface area contributed by atoms with Crippen LogP contribution in [0.4, 0.5) is 0 Å². The summed E-state index contributed by atoms with van der Waals surface area (Å²) in [6, 6.07) is 7.44. The molecule has 0 spiro atoms. The zero-order valence-electron chi connectivity index (χ0n) is 13.8. The van der Waals surface area contributed by atoms with Crippen LogP contribution < -0.4 is 5.32 Å². The van der Waals surface area contributed by atoms with Gasteiger partial charge in [-0.1, -0.05) is 29.8 Å². The van der Waals surface area contributed by atoms with Crippen molar-refractivity contribution in [1.29, 1.82) is 0 Å². The van der Waals surface area contributed by atoms with E-state index in [4.69, 9.17) is 11.6 Å². The predicted octanol–water partition coefficient (Wildman–Crippen LogP) is 1.70. The van der Waals surface area contributed by atoms with E-state index in [0.29, 0.717) is 24.5 Å². The first-order valence-electron chi connectivity index (χ1n) is 8.68. The molecule has 6 heteroatoms. The van der Waals surface area contributed by atoms with Gasteiger partial charge in [-0.2, -0.15) is 0 Å². The molecule has 2 aliphatic rings. The van der Waals surface area contributed by atoms with Crippen LogP contribution >= 0.6 is 11.6 Å². The van der Waals surface area contributed by atoms with Crippen LogP contribution in [-0.2, 0) is 16.0 Å². The molecule has 2 heterocycles. The second-order valence-corrected chi connectivity index (χ2v) is 6.89. The van der Waals surface area contributed by atoms with Gasteiger partial charge in [-0.25, -0.2) is 0 Å². The molecule has 5 nitrogen and oxygen atoms in total. The average Bonchev–Trinajstić information content (AvgIpc) is 2.81. The van der Waals surface area contributed by atoms with Crippen LogP contribution in [0.25, 0.3) is 0 Å². The van der Waals surface area contributed by atoms with Gasteiger partial charge >= 0.3 is 0 Å². The molecule has 2 amide bonds. The highest BCUT2D eigenvalue weighted by Crippen LogP contribution is 2.18. The Morgan fingerprint density at radius 2 is 1.92 bits per heavy atom. The molecule has 1 N–H and O–H groups in total. The molecule has 0 bridgehead atoms. The maximum Gasteiger partial charge on any atom is 0.237 e. The maximum absolute atomic E-state index is 12.5. The molecular weight excluding hydrogens is 326 g/mol. The highest BCUT2D eigenvalue weighted by Gasteiger charge is 2.30. The topological polar surface area (TPSA) is 52.7 Å². The Kier molecular flexibility index (Phi) is 5.74. The number of rotatable bonds is 3. The minimum Gasteiger partial charge on any atom is -0.355 e. The van der Waals surface area contributed by atoms with E-state index in [1.165, 1.54) is 0 Å². The molecule has 1 unspecified atom stereocenters. The standard InChI is InChI=1S/C18H24ClN3O2/c19-15-6-2-1-5-14(15)13-17(23)22-11-9-21(10-12-22)16-7-3-4-8-20-18(16)24/h1-2,5-6,16H,3-4,7-13H2,(H,20,24). The molecule has 1 atom stereocenters. The number of nitrogens with zero attached hydrogens (tertiary/aromatic N) is 2. The summed E-state index contributed by atoms with van der Waals surface area (Å²) in [5.41, 5.74) is 0.870. The van der Waals surface area contributed by atoms with E-state index in [0.717, 1.165) is 44.5 Å². The lowest BCUT2D eigenvalue weighted by Gasteiger charge is -2.38. The van der Waals surface area contributed by atoms with Crippen LogP contribution in [-0.4, -0.2) is 60.4 Å². The maximum atomic E-state index is 12.5. The van der Waals surface area contributed by atoms with E-state index >= 15 is 0 Å². The SMILES string of the molecule is O=C1NCCCCC1N1CCN(C(=O)Cc2ccccc2Cl)CC1.